The molecule has 0 radical (unpaired) electrons. The Balaban J connectivity index is 1.41. The maximum Gasteiger partial charge on any atom is 0.272 e. The average molecular weight is 390 g/mol. The van der Waals surface area contributed by atoms with E-state index in [1.54, 1.807) is 7.11 Å². The summed E-state index contributed by atoms with van der Waals surface area (Å²) >= 11 is 0. The van der Waals surface area contributed by atoms with E-state index in [1.165, 1.54) is 5.56 Å². The zero-order chi connectivity index (χ0) is 20.2. The molecule has 1 aliphatic heterocycles. The van der Waals surface area contributed by atoms with Crippen LogP contribution in [0.15, 0.2) is 54.6 Å². The van der Waals surface area contributed by atoms with E-state index in [1.807, 2.05) is 29.2 Å². The molecule has 0 aliphatic carbocycles. The number of hydrogen-bond donors (Lipinski definition) is 1. The fourth-order valence-corrected chi connectivity index (χ4v) is 3.70. The van der Waals surface area contributed by atoms with Crippen LogP contribution in [0.1, 0.15) is 23.0 Å². The quantitative estimate of drug-likeness (QED) is 0.723. The number of rotatable bonds is 5. The summed E-state index contributed by atoms with van der Waals surface area (Å²) in [6, 6.07) is 18.1. The molecule has 1 N–H and O–H groups in total. The van der Waals surface area contributed by atoms with Crippen molar-refractivity contribution in [2.45, 2.75) is 13.3 Å². The highest BCUT2D eigenvalue weighted by atomic mass is 16.5. The van der Waals surface area contributed by atoms with Crippen LogP contribution >= 0.6 is 0 Å². The van der Waals surface area contributed by atoms with E-state index in [0.29, 0.717) is 18.8 Å². The van der Waals surface area contributed by atoms with Crippen LogP contribution in [0.4, 0.5) is 5.69 Å². The van der Waals surface area contributed by atoms with Gasteiger partial charge in [-0.2, -0.15) is 5.10 Å². The number of aryl methyl sites for hydroxylation is 1. The molecule has 6 nitrogen and oxygen atoms in total. The van der Waals surface area contributed by atoms with E-state index < -0.39 is 0 Å². The lowest BCUT2D eigenvalue weighted by Gasteiger charge is -2.36. The number of carbonyl (C=O) groups is 1. The van der Waals surface area contributed by atoms with Gasteiger partial charge >= 0.3 is 0 Å². The van der Waals surface area contributed by atoms with Crippen molar-refractivity contribution >= 4 is 11.6 Å². The van der Waals surface area contributed by atoms with Gasteiger partial charge in [0.25, 0.3) is 5.91 Å². The lowest BCUT2D eigenvalue weighted by atomic mass is 10.1. The van der Waals surface area contributed by atoms with Crippen molar-refractivity contribution in [2.75, 3.05) is 38.2 Å². The van der Waals surface area contributed by atoms with Crippen LogP contribution in [0.25, 0.3) is 11.3 Å². The molecule has 3 aromatic rings. The number of para-hydroxylation sites is 2. The number of H-pyrrole nitrogens is 1. The SMILES string of the molecule is CCc1ccc(-c2cc(C(=O)N3CCN(c4ccccc4OC)CC3)[nH]n2)cc1. The maximum absolute atomic E-state index is 12.9. The molecule has 0 bridgehead atoms. The number of carbonyl (C=O) groups excluding carboxylic acids is 1. The third kappa shape index (κ3) is 3.97. The van der Waals surface area contributed by atoms with Gasteiger partial charge in [-0.3, -0.25) is 9.89 Å². The highest BCUT2D eigenvalue weighted by molar-refractivity contribution is 5.93. The van der Waals surface area contributed by atoms with Crippen LogP contribution < -0.4 is 9.64 Å². The highest BCUT2D eigenvalue weighted by Crippen LogP contribution is 2.28. The molecular formula is C23H26N4O2. The first-order chi connectivity index (χ1) is 14.2. The maximum atomic E-state index is 12.9. The fourth-order valence-electron chi connectivity index (χ4n) is 3.70. The Morgan fingerprint density at radius 3 is 2.48 bits per heavy atom. The van der Waals surface area contributed by atoms with Gasteiger partial charge in [0, 0.05) is 31.7 Å². The van der Waals surface area contributed by atoms with Crippen LogP contribution in [-0.2, 0) is 6.42 Å². The smallest absolute Gasteiger partial charge is 0.272 e. The Hall–Kier alpha value is -3.28. The Morgan fingerprint density at radius 2 is 1.79 bits per heavy atom. The third-order valence-corrected chi connectivity index (χ3v) is 5.46. The van der Waals surface area contributed by atoms with E-state index >= 15 is 0 Å². The van der Waals surface area contributed by atoms with Gasteiger partial charge in [-0.05, 0) is 30.2 Å². The summed E-state index contributed by atoms with van der Waals surface area (Å²) in [5, 5.41) is 7.26. The summed E-state index contributed by atoms with van der Waals surface area (Å²) in [7, 11) is 1.68. The summed E-state index contributed by atoms with van der Waals surface area (Å²) in [4.78, 5) is 17.1. The second kappa shape index (κ2) is 8.39. The topological polar surface area (TPSA) is 61.5 Å². The van der Waals surface area contributed by atoms with Crippen molar-refractivity contribution in [1.82, 2.24) is 15.1 Å². The fraction of sp³-hybridized carbons (Fsp3) is 0.304. The Kier molecular flexibility index (Phi) is 5.51. The van der Waals surface area contributed by atoms with Crippen LogP contribution in [0, 0.1) is 0 Å². The van der Waals surface area contributed by atoms with Crippen molar-refractivity contribution in [3.8, 4) is 17.0 Å². The van der Waals surface area contributed by atoms with Gasteiger partial charge in [0.1, 0.15) is 11.4 Å². The Labute approximate surface area is 171 Å². The molecule has 1 saturated heterocycles. The van der Waals surface area contributed by atoms with Gasteiger partial charge in [-0.25, -0.2) is 0 Å². The molecule has 1 fully saturated rings. The second-order valence-corrected chi connectivity index (χ2v) is 7.17. The Morgan fingerprint density at radius 1 is 1.07 bits per heavy atom. The molecular weight excluding hydrogens is 364 g/mol. The summed E-state index contributed by atoms with van der Waals surface area (Å²) < 4.78 is 5.47. The number of piperazine rings is 1. The summed E-state index contributed by atoms with van der Waals surface area (Å²) in [6.07, 6.45) is 1.01. The summed E-state index contributed by atoms with van der Waals surface area (Å²) in [5.41, 5.74) is 4.70. The molecule has 1 aliphatic rings. The highest BCUT2D eigenvalue weighted by Gasteiger charge is 2.25. The van der Waals surface area contributed by atoms with Gasteiger partial charge in [0.2, 0.25) is 0 Å². The van der Waals surface area contributed by atoms with Gasteiger partial charge in [0.15, 0.2) is 0 Å². The normalized spacial score (nSPS) is 14.1. The number of anilines is 1. The molecule has 2 heterocycles. The number of nitrogens with one attached hydrogen (secondary N) is 1. The number of benzene rings is 2. The number of ether oxygens (including phenoxy) is 1. The molecule has 1 aromatic heterocycles. The van der Waals surface area contributed by atoms with Gasteiger partial charge in [-0.1, -0.05) is 43.3 Å². The number of aromatic nitrogens is 2. The van der Waals surface area contributed by atoms with Crippen molar-refractivity contribution in [3.05, 3.63) is 65.9 Å². The minimum Gasteiger partial charge on any atom is -0.495 e. The number of amides is 1. The van der Waals surface area contributed by atoms with Gasteiger partial charge in [0.05, 0.1) is 18.5 Å². The van der Waals surface area contributed by atoms with Crippen LogP contribution in [-0.4, -0.2) is 54.3 Å². The third-order valence-electron chi connectivity index (χ3n) is 5.46. The van der Waals surface area contributed by atoms with E-state index in [-0.39, 0.29) is 5.91 Å². The van der Waals surface area contributed by atoms with Crippen LogP contribution in [0.3, 0.4) is 0 Å². The first-order valence-electron chi connectivity index (χ1n) is 10.0. The predicted molar refractivity (Wildman–Crippen MR) is 115 cm³/mol. The van der Waals surface area contributed by atoms with E-state index in [9.17, 15) is 4.79 Å². The number of hydrogen-bond acceptors (Lipinski definition) is 4. The Bertz CT molecular complexity index is 973. The predicted octanol–water partition coefficient (Wildman–Crippen LogP) is 3.61. The summed E-state index contributed by atoms with van der Waals surface area (Å²) in [6.45, 7) is 5.00. The number of methoxy groups -OCH3 is 1. The zero-order valence-electron chi connectivity index (χ0n) is 16.9. The minimum atomic E-state index is -0.00592. The number of nitrogens with zero attached hydrogens (tertiary/aromatic N) is 3. The molecule has 0 spiro atoms. The first-order valence-corrected chi connectivity index (χ1v) is 10.0. The van der Waals surface area contributed by atoms with Crippen LogP contribution in [0.2, 0.25) is 0 Å². The molecule has 0 atom stereocenters. The van der Waals surface area contributed by atoms with Gasteiger partial charge < -0.3 is 14.5 Å². The van der Waals surface area contributed by atoms with E-state index in [0.717, 1.165) is 42.2 Å². The van der Waals surface area contributed by atoms with Crippen molar-refractivity contribution in [3.63, 3.8) is 0 Å². The molecule has 1 amide bonds. The lowest BCUT2D eigenvalue weighted by Crippen LogP contribution is -2.49. The molecule has 0 unspecified atom stereocenters. The second-order valence-electron chi connectivity index (χ2n) is 7.17. The van der Waals surface area contributed by atoms with Crippen molar-refractivity contribution < 1.29 is 9.53 Å². The average Bonchev–Trinajstić information content (AvgIpc) is 3.29. The minimum absolute atomic E-state index is 0.00592. The largest absolute Gasteiger partial charge is 0.495 e. The van der Waals surface area contributed by atoms with E-state index in [2.05, 4.69) is 52.4 Å². The van der Waals surface area contributed by atoms with Crippen molar-refractivity contribution in [2.24, 2.45) is 0 Å². The number of aromatic amines is 1. The molecule has 150 valence electrons. The van der Waals surface area contributed by atoms with Gasteiger partial charge in [-0.15, -0.1) is 0 Å². The molecule has 29 heavy (non-hydrogen) atoms. The molecule has 2 aromatic carbocycles. The summed E-state index contributed by atoms with van der Waals surface area (Å²) in [5.74, 6) is 0.855. The molecule has 6 heteroatoms. The van der Waals surface area contributed by atoms with Crippen molar-refractivity contribution in [1.29, 1.82) is 0 Å². The first kappa shape index (κ1) is 19.1. The monoisotopic (exact) mass is 390 g/mol. The molecule has 0 saturated carbocycles. The molecule has 4 rings (SSSR count). The van der Waals surface area contributed by atoms with Crippen LogP contribution in [0.5, 0.6) is 5.75 Å². The zero-order valence-corrected chi connectivity index (χ0v) is 16.9. The van der Waals surface area contributed by atoms with E-state index in [4.69, 9.17) is 4.74 Å². The lowest BCUT2D eigenvalue weighted by molar-refractivity contribution is 0.0740. The standard InChI is InChI=1S/C23H26N4O2/c1-3-17-8-10-18(11-9-17)19-16-20(25-24-19)23(28)27-14-12-26(13-15-27)21-6-4-5-7-22(21)29-2/h4-11,16H,3,12-15H2,1-2H3,(H,24,25).